The Labute approximate surface area is 241 Å². The molecule has 1 saturated heterocycles. The highest BCUT2D eigenvalue weighted by Gasteiger charge is 2.58. The van der Waals surface area contributed by atoms with Crippen LogP contribution in [0.5, 0.6) is 0 Å². The molecule has 1 saturated carbocycles. The number of carbonyl (C=O) groups is 2. The molecule has 2 aromatic heterocycles. The van der Waals surface area contributed by atoms with E-state index in [2.05, 4.69) is 20.2 Å². The van der Waals surface area contributed by atoms with Crippen LogP contribution >= 0.6 is 11.6 Å². The largest absolute Gasteiger partial charge is 0.392 e. The van der Waals surface area contributed by atoms with Crippen LogP contribution in [0, 0.1) is 5.92 Å². The van der Waals surface area contributed by atoms with Crippen molar-refractivity contribution in [2.45, 2.75) is 50.2 Å². The zero-order valence-electron chi connectivity index (χ0n) is 22.3. The van der Waals surface area contributed by atoms with Gasteiger partial charge in [-0.3, -0.25) is 14.6 Å². The lowest BCUT2D eigenvalue weighted by Crippen LogP contribution is -2.64. The van der Waals surface area contributed by atoms with Crippen LogP contribution in [0.4, 0.5) is 20.3 Å². The van der Waals surface area contributed by atoms with Crippen LogP contribution in [0.1, 0.15) is 59.3 Å². The summed E-state index contributed by atoms with van der Waals surface area (Å²) in [5, 5.41) is 12.3. The summed E-state index contributed by atoms with van der Waals surface area (Å²) in [6.45, 7) is 1.62. The number of fused-ring (bicyclic) bond motifs is 2. The summed E-state index contributed by atoms with van der Waals surface area (Å²) >= 11 is 5.91. The maximum Gasteiger partial charge on any atom is 0.281 e. The van der Waals surface area contributed by atoms with Crippen molar-refractivity contribution in [2.24, 2.45) is 5.92 Å². The number of amides is 2. The molecule has 0 unspecified atom stereocenters. The molecule has 11 heteroatoms. The average Bonchev–Trinajstić information content (AvgIpc) is 3.20. The van der Waals surface area contributed by atoms with E-state index in [9.17, 15) is 23.5 Å². The van der Waals surface area contributed by atoms with E-state index in [1.165, 1.54) is 6.07 Å². The first-order valence-electron chi connectivity index (χ1n) is 13.8. The minimum Gasteiger partial charge on any atom is -0.392 e. The lowest BCUT2D eigenvalue weighted by atomic mass is 9.74. The molecule has 214 valence electrons. The highest BCUT2D eigenvalue weighted by molar-refractivity contribution is 6.30. The second kappa shape index (κ2) is 11.0. The average molecular weight is 582 g/mol. The van der Waals surface area contributed by atoms with E-state index in [1.807, 2.05) is 41.3 Å². The monoisotopic (exact) mass is 581 g/mol. The van der Waals surface area contributed by atoms with E-state index in [4.69, 9.17) is 11.6 Å². The Hall–Kier alpha value is -3.63. The molecule has 2 aliphatic heterocycles. The van der Waals surface area contributed by atoms with Gasteiger partial charge < -0.3 is 20.2 Å². The molecule has 0 radical (unpaired) electrons. The Kier molecular flexibility index (Phi) is 7.37. The summed E-state index contributed by atoms with van der Waals surface area (Å²) in [6, 6.07) is 12.8. The maximum absolute atomic E-state index is 13.9. The Morgan fingerprint density at radius 1 is 1.10 bits per heavy atom. The van der Waals surface area contributed by atoms with E-state index >= 15 is 0 Å². The number of aliphatic hydroxyl groups excluding tert-OH is 1. The lowest BCUT2D eigenvalue weighted by molar-refractivity contribution is -0.124. The fourth-order valence-electron chi connectivity index (χ4n) is 6.36. The Bertz CT molecular complexity index is 1460. The smallest absolute Gasteiger partial charge is 0.281 e. The van der Waals surface area contributed by atoms with E-state index < -0.39 is 23.4 Å². The van der Waals surface area contributed by atoms with Gasteiger partial charge in [-0.15, -0.1) is 0 Å². The van der Waals surface area contributed by atoms with Crippen LogP contribution in [0.2, 0.25) is 5.02 Å². The van der Waals surface area contributed by atoms with Crippen LogP contribution in [-0.2, 0) is 16.8 Å². The van der Waals surface area contributed by atoms with Gasteiger partial charge in [-0.05, 0) is 60.9 Å². The number of rotatable bonds is 7. The first-order valence-corrected chi connectivity index (χ1v) is 14.1. The van der Waals surface area contributed by atoms with Crippen LogP contribution in [-0.4, -0.2) is 52.6 Å². The number of carbonyl (C=O) groups excluding carboxylic acids is 2. The highest BCUT2D eigenvalue weighted by atomic mass is 35.5. The van der Waals surface area contributed by atoms with Gasteiger partial charge in [0.25, 0.3) is 12.3 Å². The minimum atomic E-state index is -2.88. The summed E-state index contributed by atoms with van der Waals surface area (Å²) in [5.41, 5.74) is 1.35. The molecule has 1 aliphatic carbocycles. The Morgan fingerprint density at radius 3 is 2.54 bits per heavy atom. The molecule has 3 aromatic rings. The second-order valence-corrected chi connectivity index (χ2v) is 11.6. The summed E-state index contributed by atoms with van der Waals surface area (Å²) in [6.07, 6.45) is 2.86. The van der Waals surface area contributed by atoms with Gasteiger partial charge in [0.05, 0.1) is 17.2 Å². The summed E-state index contributed by atoms with van der Waals surface area (Å²) in [4.78, 5) is 38.8. The standard InChI is InChI=1S/C30H30ClF2N5O3/c31-20-11-22(26(27(32)33)35-13-20)28(40)36-21-8-5-18(6-9-21)14-38-24-4-2-1-3-23(24)30(29(38)41)16-37(17-30)25-10-7-19(15-39)12-34-25/h1-4,7,10-13,18,21,27,39H,5-6,8-9,14-17H2,(H,36,40). The maximum atomic E-state index is 13.9. The molecule has 8 nitrogen and oxygen atoms in total. The normalized spacial score (nSPS) is 21.2. The number of hydrogen-bond donors (Lipinski definition) is 2. The first-order chi connectivity index (χ1) is 19.8. The molecule has 6 rings (SSSR count). The van der Waals surface area contributed by atoms with Gasteiger partial charge in [0.15, 0.2) is 0 Å². The highest BCUT2D eigenvalue weighted by Crippen LogP contribution is 2.48. The number of halogens is 3. The number of alkyl halides is 2. The predicted octanol–water partition coefficient (Wildman–Crippen LogP) is 4.65. The van der Waals surface area contributed by atoms with Crippen LogP contribution in [0.25, 0.3) is 0 Å². The molecule has 1 spiro atoms. The fourth-order valence-corrected chi connectivity index (χ4v) is 6.52. The van der Waals surface area contributed by atoms with Gasteiger partial charge in [-0.1, -0.05) is 35.9 Å². The van der Waals surface area contributed by atoms with Crippen LogP contribution in [0.15, 0.2) is 54.9 Å². The molecule has 4 heterocycles. The molecule has 3 aliphatic rings. The first kappa shape index (κ1) is 27.5. The van der Waals surface area contributed by atoms with E-state index in [0.29, 0.717) is 32.5 Å². The molecule has 0 atom stereocenters. The second-order valence-electron chi connectivity index (χ2n) is 11.1. The van der Waals surface area contributed by atoms with Crippen molar-refractivity contribution in [1.82, 2.24) is 15.3 Å². The molecule has 0 bridgehead atoms. The number of pyridine rings is 2. The van der Waals surface area contributed by atoms with Gasteiger partial charge in [-0.2, -0.15) is 0 Å². The number of para-hydroxylation sites is 1. The van der Waals surface area contributed by atoms with Crippen LogP contribution in [0.3, 0.4) is 0 Å². The quantitative estimate of drug-likeness (QED) is 0.421. The number of hydrogen-bond acceptors (Lipinski definition) is 6. The Morgan fingerprint density at radius 2 is 1.85 bits per heavy atom. The summed E-state index contributed by atoms with van der Waals surface area (Å²) in [5.74, 6) is 0.541. The predicted molar refractivity (Wildman–Crippen MR) is 150 cm³/mol. The third-order valence-electron chi connectivity index (χ3n) is 8.56. The molecule has 2 fully saturated rings. The van der Waals surface area contributed by atoms with Crippen molar-refractivity contribution in [2.75, 3.05) is 29.4 Å². The number of aromatic nitrogens is 2. The van der Waals surface area contributed by atoms with Crippen molar-refractivity contribution in [3.8, 4) is 0 Å². The zero-order chi connectivity index (χ0) is 28.7. The number of nitrogens with zero attached hydrogens (tertiary/aromatic N) is 4. The minimum absolute atomic E-state index is 0.0642. The molecule has 2 N–H and O–H groups in total. The zero-order valence-corrected chi connectivity index (χ0v) is 23.0. The van der Waals surface area contributed by atoms with Gasteiger partial charge in [0.2, 0.25) is 5.91 Å². The number of anilines is 2. The lowest BCUT2D eigenvalue weighted by Gasteiger charge is -2.47. The molecular formula is C30H30ClF2N5O3. The van der Waals surface area contributed by atoms with Gasteiger partial charge in [0.1, 0.15) is 16.9 Å². The Balaban J connectivity index is 1.09. The van der Waals surface area contributed by atoms with Crippen molar-refractivity contribution in [1.29, 1.82) is 0 Å². The van der Waals surface area contributed by atoms with E-state index in [0.717, 1.165) is 41.7 Å². The molecular weight excluding hydrogens is 552 g/mol. The molecule has 1 aromatic carbocycles. The van der Waals surface area contributed by atoms with Gasteiger partial charge >= 0.3 is 0 Å². The molecule has 41 heavy (non-hydrogen) atoms. The summed E-state index contributed by atoms with van der Waals surface area (Å²) < 4.78 is 26.7. The molecule has 2 amide bonds. The third-order valence-corrected chi connectivity index (χ3v) is 8.77. The topological polar surface area (TPSA) is 98.7 Å². The van der Waals surface area contributed by atoms with Crippen molar-refractivity contribution >= 4 is 34.9 Å². The number of nitrogens with one attached hydrogen (secondary N) is 1. The third kappa shape index (κ3) is 5.04. The van der Waals surface area contributed by atoms with Crippen molar-refractivity contribution in [3.05, 3.63) is 82.3 Å². The number of benzene rings is 1. The summed E-state index contributed by atoms with van der Waals surface area (Å²) in [7, 11) is 0. The van der Waals surface area contributed by atoms with Crippen LogP contribution < -0.4 is 15.1 Å². The van der Waals surface area contributed by atoms with Gasteiger partial charge in [-0.25, -0.2) is 13.8 Å². The fraction of sp³-hybridized carbons (Fsp3) is 0.400. The van der Waals surface area contributed by atoms with Crippen molar-refractivity contribution in [3.63, 3.8) is 0 Å². The van der Waals surface area contributed by atoms with Crippen molar-refractivity contribution < 1.29 is 23.5 Å². The van der Waals surface area contributed by atoms with E-state index in [1.54, 1.807) is 6.20 Å². The van der Waals surface area contributed by atoms with Gasteiger partial charge in [0, 0.05) is 43.8 Å². The SMILES string of the molecule is O=C(NC1CCC(CN2C(=O)C3(CN(c4ccc(CO)cn4)C3)c3ccccc32)CC1)c1cc(Cl)cnc1C(F)F. The van der Waals surface area contributed by atoms with E-state index in [-0.39, 0.29) is 35.1 Å². The number of aliphatic hydroxyl groups is 1.